The summed E-state index contributed by atoms with van der Waals surface area (Å²) in [7, 11) is 1.41. The molecule has 1 aliphatic heterocycles. The summed E-state index contributed by atoms with van der Waals surface area (Å²) in [5.41, 5.74) is -2.25. The highest BCUT2D eigenvalue weighted by atomic mass is 19.4. The molecular weight excluding hydrogens is 405 g/mol. The summed E-state index contributed by atoms with van der Waals surface area (Å²) in [5, 5.41) is 22.0. The standard InChI is InChI=1S/C20H25F3N2O5/c1-30-11-10-25(16(18(28)29)12-17(26)27)19(6-8-24-9-7-19)13-14-4-2-3-5-15(14)20(21,22)23/h2-5,12,24H,6-11,13H2,1H3,(H,26,27)(H,28,29)/b16-12+. The van der Waals surface area contributed by atoms with Gasteiger partial charge in [0.25, 0.3) is 0 Å². The number of nitrogens with one attached hydrogen (secondary N) is 1. The summed E-state index contributed by atoms with van der Waals surface area (Å²) < 4.78 is 45.7. The van der Waals surface area contributed by atoms with Gasteiger partial charge in [-0.15, -0.1) is 0 Å². The van der Waals surface area contributed by atoms with Gasteiger partial charge in [-0.1, -0.05) is 18.2 Å². The molecule has 0 radical (unpaired) electrons. The van der Waals surface area contributed by atoms with Crippen LogP contribution >= 0.6 is 0 Å². The topological polar surface area (TPSA) is 99.1 Å². The smallest absolute Gasteiger partial charge is 0.416 e. The van der Waals surface area contributed by atoms with Gasteiger partial charge in [0.2, 0.25) is 0 Å². The van der Waals surface area contributed by atoms with E-state index in [0.717, 1.165) is 6.07 Å². The number of aliphatic carboxylic acids is 2. The molecular formula is C20H25F3N2O5. The number of carboxylic acid groups (broad SMARTS) is 2. The van der Waals surface area contributed by atoms with Crippen LogP contribution in [0.3, 0.4) is 0 Å². The van der Waals surface area contributed by atoms with Crippen molar-refractivity contribution in [2.24, 2.45) is 0 Å². The van der Waals surface area contributed by atoms with Gasteiger partial charge in [-0.05, 0) is 44.0 Å². The van der Waals surface area contributed by atoms with E-state index in [2.05, 4.69) is 5.32 Å². The van der Waals surface area contributed by atoms with E-state index >= 15 is 0 Å². The van der Waals surface area contributed by atoms with Crippen LogP contribution in [0.2, 0.25) is 0 Å². The minimum Gasteiger partial charge on any atom is -0.478 e. The summed E-state index contributed by atoms with van der Waals surface area (Å²) in [6.45, 7) is 1.02. The van der Waals surface area contributed by atoms with Crippen molar-refractivity contribution in [3.8, 4) is 0 Å². The maximum Gasteiger partial charge on any atom is 0.416 e. The van der Waals surface area contributed by atoms with E-state index in [1.807, 2.05) is 0 Å². The number of halogens is 3. The molecule has 1 aromatic rings. The molecule has 0 aliphatic carbocycles. The first-order valence-corrected chi connectivity index (χ1v) is 9.41. The van der Waals surface area contributed by atoms with Crippen LogP contribution < -0.4 is 5.32 Å². The third-order valence-corrected chi connectivity index (χ3v) is 5.24. The molecule has 1 aromatic carbocycles. The molecule has 1 aliphatic rings. The predicted octanol–water partition coefficient (Wildman–Crippen LogP) is 2.37. The van der Waals surface area contributed by atoms with E-state index in [-0.39, 0.29) is 25.1 Å². The Labute approximate surface area is 172 Å². The number of alkyl halides is 3. The van der Waals surface area contributed by atoms with Crippen LogP contribution in [0.5, 0.6) is 0 Å². The first-order chi connectivity index (χ1) is 14.1. The highest BCUT2D eigenvalue weighted by Crippen LogP contribution is 2.38. The maximum atomic E-state index is 13.6. The van der Waals surface area contributed by atoms with E-state index in [1.54, 1.807) is 0 Å². The fourth-order valence-electron chi connectivity index (χ4n) is 3.91. The van der Waals surface area contributed by atoms with Crippen LogP contribution in [0, 0.1) is 0 Å². The number of ether oxygens (including phenoxy) is 1. The van der Waals surface area contributed by atoms with E-state index in [0.29, 0.717) is 32.0 Å². The van der Waals surface area contributed by atoms with Crippen LogP contribution in [-0.4, -0.2) is 65.9 Å². The first kappa shape index (κ1) is 23.7. The van der Waals surface area contributed by atoms with Gasteiger partial charge in [0.05, 0.1) is 18.2 Å². The van der Waals surface area contributed by atoms with E-state index in [9.17, 15) is 33.0 Å². The molecule has 0 bridgehead atoms. The summed E-state index contributed by atoms with van der Waals surface area (Å²) in [4.78, 5) is 24.5. The summed E-state index contributed by atoms with van der Waals surface area (Å²) in [6.07, 6.45) is -3.38. The van der Waals surface area contributed by atoms with Crippen molar-refractivity contribution < 1.29 is 37.7 Å². The van der Waals surface area contributed by atoms with Crippen molar-refractivity contribution in [1.29, 1.82) is 0 Å². The highest BCUT2D eigenvalue weighted by molar-refractivity contribution is 5.94. The highest BCUT2D eigenvalue weighted by Gasteiger charge is 2.43. The molecule has 1 heterocycles. The molecule has 0 saturated carbocycles. The molecule has 0 aromatic heterocycles. The Balaban J connectivity index is 2.59. The lowest BCUT2D eigenvalue weighted by Gasteiger charge is -2.48. The van der Waals surface area contributed by atoms with Crippen LogP contribution in [0.4, 0.5) is 13.2 Å². The minimum absolute atomic E-state index is 0.0239. The quantitative estimate of drug-likeness (QED) is 0.518. The molecule has 1 saturated heterocycles. The first-order valence-electron chi connectivity index (χ1n) is 9.41. The summed E-state index contributed by atoms with van der Waals surface area (Å²) >= 11 is 0. The van der Waals surface area contributed by atoms with Gasteiger partial charge in [-0.3, -0.25) is 0 Å². The van der Waals surface area contributed by atoms with Crippen LogP contribution in [-0.2, 0) is 26.9 Å². The molecule has 2 rings (SSSR count). The maximum absolute atomic E-state index is 13.6. The molecule has 7 nitrogen and oxygen atoms in total. The molecule has 3 N–H and O–H groups in total. The van der Waals surface area contributed by atoms with Crippen LogP contribution in [0.1, 0.15) is 24.0 Å². The van der Waals surface area contributed by atoms with Gasteiger partial charge in [-0.2, -0.15) is 13.2 Å². The molecule has 0 unspecified atom stereocenters. The number of carboxylic acids is 2. The second kappa shape index (κ2) is 9.94. The molecule has 0 amide bonds. The van der Waals surface area contributed by atoms with Crippen LogP contribution in [0.25, 0.3) is 0 Å². The number of nitrogens with zero attached hydrogens (tertiary/aromatic N) is 1. The Kier molecular flexibility index (Phi) is 7.85. The lowest BCUT2D eigenvalue weighted by Crippen LogP contribution is -2.57. The number of methoxy groups -OCH3 is 1. The minimum atomic E-state index is -4.56. The van der Waals surface area contributed by atoms with Crippen molar-refractivity contribution in [1.82, 2.24) is 10.2 Å². The lowest BCUT2D eigenvalue weighted by atomic mass is 9.79. The number of hydrogen-bond donors (Lipinski definition) is 3. The second-order valence-corrected chi connectivity index (χ2v) is 7.12. The molecule has 1 fully saturated rings. The molecule has 30 heavy (non-hydrogen) atoms. The van der Waals surface area contributed by atoms with Gasteiger partial charge in [0.15, 0.2) is 0 Å². The van der Waals surface area contributed by atoms with Crippen molar-refractivity contribution in [3.63, 3.8) is 0 Å². The summed E-state index contributed by atoms with van der Waals surface area (Å²) in [5.74, 6) is -2.91. The van der Waals surface area contributed by atoms with Crippen molar-refractivity contribution in [2.75, 3.05) is 33.4 Å². The molecule has 0 spiro atoms. The van der Waals surface area contributed by atoms with Gasteiger partial charge in [0, 0.05) is 19.2 Å². The third kappa shape index (κ3) is 5.73. The average molecular weight is 430 g/mol. The number of carbonyl (C=O) groups is 2. The lowest BCUT2D eigenvalue weighted by molar-refractivity contribution is -0.139. The predicted molar refractivity (Wildman–Crippen MR) is 102 cm³/mol. The largest absolute Gasteiger partial charge is 0.478 e. The second-order valence-electron chi connectivity index (χ2n) is 7.12. The normalized spacial score (nSPS) is 16.9. The third-order valence-electron chi connectivity index (χ3n) is 5.24. The molecule has 0 atom stereocenters. The Hall–Kier alpha value is -2.59. The summed E-state index contributed by atoms with van der Waals surface area (Å²) in [6, 6.07) is 5.18. The number of benzene rings is 1. The van der Waals surface area contributed by atoms with Crippen LogP contribution in [0.15, 0.2) is 36.0 Å². The van der Waals surface area contributed by atoms with E-state index in [4.69, 9.17) is 4.74 Å². The van der Waals surface area contributed by atoms with Crippen molar-refractivity contribution in [2.45, 2.75) is 31.0 Å². The Morgan fingerprint density at radius 3 is 2.40 bits per heavy atom. The fraction of sp³-hybridized carbons (Fsp3) is 0.500. The average Bonchev–Trinajstić information content (AvgIpc) is 2.67. The fourth-order valence-corrected chi connectivity index (χ4v) is 3.91. The van der Waals surface area contributed by atoms with E-state index in [1.165, 1.54) is 30.2 Å². The molecule has 166 valence electrons. The van der Waals surface area contributed by atoms with Crippen molar-refractivity contribution >= 4 is 11.9 Å². The SMILES string of the molecule is COCCN(/C(=C/C(=O)O)C(=O)O)C1(Cc2ccccc2C(F)(F)F)CCNCC1. The van der Waals surface area contributed by atoms with Gasteiger partial charge in [-0.25, -0.2) is 9.59 Å². The van der Waals surface area contributed by atoms with Gasteiger partial charge in [0.1, 0.15) is 5.70 Å². The number of piperidine rings is 1. The van der Waals surface area contributed by atoms with Gasteiger partial charge < -0.3 is 25.2 Å². The van der Waals surface area contributed by atoms with Crippen molar-refractivity contribution in [3.05, 3.63) is 47.2 Å². The zero-order chi connectivity index (χ0) is 22.4. The van der Waals surface area contributed by atoms with E-state index < -0.39 is 34.9 Å². The monoisotopic (exact) mass is 430 g/mol. The zero-order valence-corrected chi connectivity index (χ0v) is 16.5. The Bertz CT molecular complexity index is 789. The number of rotatable bonds is 9. The number of hydrogen-bond acceptors (Lipinski definition) is 5. The Morgan fingerprint density at radius 1 is 1.23 bits per heavy atom. The Morgan fingerprint density at radius 2 is 1.87 bits per heavy atom. The zero-order valence-electron chi connectivity index (χ0n) is 16.5. The van der Waals surface area contributed by atoms with Gasteiger partial charge >= 0.3 is 18.1 Å². The molecule has 10 heteroatoms.